The maximum Gasteiger partial charge on any atom is 0.133 e. The van der Waals surface area contributed by atoms with Crippen molar-refractivity contribution in [3.05, 3.63) is 70.2 Å². The Morgan fingerprint density at radius 3 is 2.12 bits per heavy atom. The normalized spacial score (nSPS) is 27.4. The van der Waals surface area contributed by atoms with Gasteiger partial charge in [0.05, 0.1) is 5.56 Å². The Balaban J connectivity index is 1.87. The van der Waals surface area contributed by atoms with Crippen molar-refractivity contribution >= 4 is 11.6 Å². The number of hydrogen-bond donors (Lipinski definition) is 1. The molecule has 0 radical (unpaired) electrons. The summed E-state index contributed by atoms with van der Waals surface area (Å²) in [5, 5.41) is 11.3. The number of hydrogen-bond acceptors (Lipinski definition) is 2. The van der Waals surface area contributed by atoms with E-state index in [4.69, 9.17) is 11.6 Å². The van der Waals surface area contributed by atoms with Crippen LogP contribution < -0.4 is 0 Å². The van der Waals surface area contributed by atoms with Crippen LogP contribution in [0.15, 0.2) is 42.5 Å². The maximum absolute atomic E-state index is 14.4. The largest absolute Gasteiger partial charge is 0.384 e. The van der Waals surface area contributed by atoms with Gasteiger partial charge in [-0.3, -0.25) is 4.90 Å². The monoisotopic (exact) mass is 365 g/mol. The fourth-order valence-electron chi connectivity index (χ4n) is 4.00. The number of halogens is 3. The molecule has 2 aromatic carbocycles. The van der Waals surface area contributed by atoms with Crippen molar-refractivity contribution in [2.24, 2.45) is 11.8 Å². The van der Waals surface area contributed by atoms with E-state index < -0.39 is 17.2 Å². The first kappa shape index (κ1) is 18.3. The molecule has 0 saturated carbocycles. The van der Waals surface area contributed by atoms with Gasteiger partial charge in [-0.05, 0) is 17.7 Å². The van der Waals surface area contributed by atoms with Crippen LogP contribution in [0.4, 0.5) is 8.78 Å². The zero-order valence-electron chi connectivity index (χ0n) is 14.3. The topological polar surface area (TPSA) is 23.5 Å². The first-order chi connectivity index (χ1) is 11.8. The number of benzene rings is 2. The van der Waals surface area contributed by atoms with E-state index in [2.05, 4.69) is 17.0 Å². The van der Waals surface area contributed by atoms with E-state index in [9.17, 15) is 13.9 Å². The summed E-state index contributed by atoms with van der Waals surface area (Å²) in [7, 11) is 0. The number of aliphatic hydroxyl groups is 1. The van der Waals surface area contributed by atoms with E-state index >= 15 is 0 Å². The molecule has 134 valence electrons. The van der Waals surface area contributed by atoms with Crippen LogP contribution in [0.1, 0.15) is 25.0 Å². The zero-order valence-corrected chi connectivity index (χ0v) is 15.1. The van der Waals surface area contributed by atoms with Gasteiger partial charge in [-0.25, -0.2) is 8.78 Å². The van der Waals surface area contributed by atoms with Gasteiger partial charge in [0.1, 0.15) is 17.2 Å². The third-order valence-corrected chi connectivity index (χ3v) is 5.44. The molecule has 0 aliphatic carbocycles. The van der Waals surface area contributed by atoms with Crippen molar-refractivity contribution in [3.8, 4) is 0 Å². The summed E-state index contributed by atoms with van der Waals surface area (Å²) in [4.78, 5) is 2.21. The highest BCUT2D eigenvalue weighted by Crippen LogP contribution is 2.44. The number of nitrogens with zero attached hydrogens (tertiary/aromatic N) is 1. The fourth-order valence-corrected chi connectivity index (χ4v) is 4.19. The van der Waals surface area contributed by atoms with Crippen LogP contribution in [0.3, 0.4) is 0 Å². The molecule has 1 aliphatic rings. The third kappa shape index (κ3) is 3.43. The highest BCUT2D eigenvalue weighted by atomic mass is 35.5. The Morgan fingerprint density at radius 1 is 1.08 bits per heavy atom. The molecule has 2 atom stereocenters. The van der Waals surface area contributed by atoms with Gasteiger partial charge in [-0.1, -0.05) is 55.8 Å². The van der Waals surface area contributed by atoms with E-state index in [0.29, 0.717) is 13.1 Å². The van der Waals surface area contributed by atoms with Crippen LogP contribution in [0, 0.1) is 23.5 Å². The lowest BCUT2D eigenvalue weighted by Gasteiger charge is -2.48. The SMILES string of the molecule is CC1CN(Cc2ccccc2)CC(C)C1(O)c1c(F)cc(Cl)cc1F. The Morgan fingerprint density at radius 2 is 1.60 bits per heavy atom. The van der Waals surface area contributed by atoms with Gasteiger partial charge < -0.3 is 5.11 Å². The molecule has 1 aliphatic heterocycles. The molecule has 0 amide bonds. The molecule has 1 N–H and O–H groups in total. The van der Waals surface area contributed by atoms with Gasteiger partial charge in [-0.15, -0.1) is 0 Å². The molecule has 2 aromatic rings. The van der Waals surface area contributed by atoms with E-state index in [1.54, 1.807) is 0 Å². The molecule has 0 spiro atoms. The average Bonchev–Trinajstić information content (AvgIpc) is 2.53. The minimum Gasteiger partial charge on any atom is -0.384 e. The molecule has 0 bridgehead atoms. The lowest BCUT2D eigenvalue weighted by atomic mass is 9.70. The van der Waals surface area contributed by atoms with Gasteiger partial charge in [0.25, 0.3) is 0 Å². The van der Waals surface area contributed by atoms with Crippen LogP contribution >= 0.6 is 11.6 Å². The van der Waals surface area contributed by atoms with Crippen molar-refractivity contribution in [2.45, 2.75) is 26.0 Å². The second kappa shape index (κ2) is 7.02. The molecule has 3 rings (SSSR count). The average molecular weight is 366 g/mol. The van der Waals surface area contributed by atoms with Crippen molar-refractivity contribution < 1.29 is 13.9 Å². The summed E-state index contributed by atoms with van der Waals surface area (Å²) in [6.45, 7) is 5.52. The van der Waals surface area contributed by atoms with E-state index in [-0.39, 0.29) is 22.4 Å². The van der Waals surface area contributed by atoms with Gasteiger partial charge in [-0.2, -0.15) is 0 Å². The van der Waals surface area contributed by atoms with Gasteiger partial charge in [0, 0.05) is 36.5 Å². The predicted octanol–water partition coefficient (Wildman–Crippen LogP) is 4.59. The third-order valence-electron chi connectivity index (χ3n) is 5.22. The molecular weight excluding hydrogens is 344 g/mol. The van der Waals surface area contributed by atoms with Crippen LogP contribution in [0.5, 0.6) is 0 Å². The Bertz CT molecular complexity index is 718. The Hall–Kier alpha value is -1.49. The predicted molar refractivity (Wildman–Crippen MR) is 95.3 cm³/mol. The molecule has 5 heteroatoms. The second-order valence-electron chi connectivity index (χ2n) is 7.05. The first-order valence-electron chi connectivity index (χ1n) is 8.46. The van der Waals surface area contributed by atoms with E-state index in [1.807, 2.05) is 32.0 Å². The van der Waals surface area contributed by atoms with Crippen molar-refractivity contribution in [2.75, 3.05) is 13.1 Å². The van der Waals surface area contributed by atoms with Gasteiger partial charge >= 0.3 is 0 Å². The molecule has 1 heterocycles. The van der Waals surface area contributed by atoms with Crippen LogP contribution in [-0.2, 0) is 12.1 Å². The minimum atomic E-state index is -1.56. The summed E-state index contributed by atoms with van der Waals surface area (Å²) in [5.41, 5.74) is -0.654. The Kier molecular flexibility index (Phi) is 5.14. The minimum absolute atomic E-state index is 0.0100. The van der Waals surface area contributed by atoms with Crippen LogP contribution in [0.2, 0.25) is 5.02 Å². The molecule has 0 aromatic heterocycles. The first-order valence-corrected chi connectivity index (χ1v) is 8.83. The number of likely N-dealkylation sites (tertiary alicyclic amines) is 1. The Labute approximate surface area is 152 Å². The van der Waals surface area contributed by atoms with Crippen molar-refractivity contribution in [1.82, 2.24) is 4.90 Å². The zero-order chi connectivity index (χ0) is 18.2. The van der Waals surface area contributed by atoms with Crippen molar-refractivity contribution in [3.63, 3.8) is 0 Å². The smallest absolute Gasteiger partial charge is 0.133 e. The van der Waals surface area contributed by atoms with Crippen LogP contribution in [0.25, 0.3) is 0 Å². The summed E-state index contributed by atoms with van der Waals surface area (Å²) in [6, 6.07) is 12.2. The highest BCUT2D eigenvalue weighted by molar-refractivity contribution is 6.30. The summed E-state index contributed by atoms with van der Waals surface area (Å²) in [5.74, 6) is -2.24. The lowest BCUT2D eigenvalue weighted by Crippen LogP contribution is -2.54. The summed E-state index contributed by atoms with van der Waals surface area (Å²) in [6.07, 6.45) is 0. The molecule has 2 unspecified atom stereocenters. The molecule has 2 nitrogen and oxygen atoms in total. The molecular formula is C20H22ClF2NO. The standard InChI is InChI=1S/C20H22ClF2NO/c1-13-10-24(12-15-6-4-3-5-7-15)11-14(2)20(13,25)19-17(22)8-16(21)9-18(19)23/h3-9,13-14,25H,10-12H2,1-2H3. The quantitative estimate of drug-likeness (QED) is 0.859. The summed E-state index contributed by atoms with van der Waals surface area (Å²) < 4.78 is 28.9. The lowest BCUT2D eigenvalue weighted by molar-refractivity contribution is -0.118. The molecule has 1 saturated heterocycles. The molecule has 1 fully saturated rings. The number of rotatable bonds is 3. The summed E-state index contributed by atoms with van der Waals surface area (Å²) >= 11 is 5.72. The van der Waals surface area contributed by atoms with E-state index in [0.717, 1.165) is 18.7 Å². The second-order valence-corrected chi connectivity index (χ2v) is 7.49. The fraction of sp³-hybridized carbons (Fsp3) is 0.400. The maximum atomic E-state index is 14.4. The van der Waals surface area contributed by atoms with Gasteiger partial charge in [0.2, 0.25) is 0 Å². The highest BCUT2D eigenvalue weighted by Gasteiger charge is 2.48. The van der Waals surface area contributed by atoms with Crippen molar-refractivity contribution in [1.29, 1.82) is 0 Å². The van der Waals surface area contributed by atoms with Crippen LogP contribution in [-0.4, -0.2) is 23.1 Å². The van der Waals surface area contributed by atoms with E-state index in [1.165, 1.54) is 5.56 Å². The number of piperidine rings is 1. The van der Waals surface area contributed by atoms with Gasteiger partial charge in [0.15, 0.2) is 0 Å². The molecule has 25 heavy (non-hydrogen) atoms.